The van der Waals surface area contributed by atoms with E-state index in [-0.39, 0.29) is 11.1 Å². The molecule has 0 aliphatic carbocycles. The van der Waals surface area contributed by atoms with Crippen LogP contribution in [0.3, 0.4) is 0 Å². The van der Waals surface area contributed by atoms with E-state index < -0.39 is 10.0 Å². The normalized spacial score (nSPS) is 32.4. The van der Waals surface area contributed by atoms with Gasteiger partial charge in [-0.05, 0) is 38.8 Å². The van der Waals surface area contributed by atoms with E-state index in [1.54, 1.807) is 0 Å². The maximum absolute atomic E-state index is 12.2. The number of nitrogens with one attached hydrogen (secondary N) is 2. The highest BCUT2D eigenvalue weighted by Crippen LogP contribution is 2.33. The summed E-state index contributed by atoms with van der Waals surface area (Å²) in [5.41, 5.74) is 0. The van der Waals surface area contributed by atoms with Crippen molar-refractivity contribution >= 4 is 10.0 Å². The first kappa shape index (κ1) is 13.1. The third kappa shape index (κ3) is 2.54. The Labute approximate surface area is 113 Å². The molecule has 0 spiro atoms. The van der Waals surface area contributed by atoms with Gasteiger partial charge in [0.05, 0.1) is 6.20 Å². The summed E-state index contributed by atoms with van der Waals surface area (Å²) < 4.78 is 27.2. The van der Waals surface area contributed by atoms with Crippen molar-refractivity contribution in [3.8, 4) is 0 Å². The predicted molar refractivity (Wildman–Crippen MR) is 71.1 cm³/mol. The van der Waals surface area contributed by atoms with Crippen LogP contribution in [0.15, 0.2) is 17.3 Å². The Morgan fingerprint density at radius 1 is 1.37 bits per heavy atom. The summed E-state index contributed by atoms with van der Waals surface area (Å²) in [6.07, 6.45) is 6.88. The van der Waals surface area contributed by atoms with Crippen LogP contribution in [0.25, 0.3) is 0 Å². The number of piperidine rings is 2. The molecule has 1 aromatic rings. The van der Waals surface area contributed by atoms with Gasteiger partial charge >= 0.3 is 0 Å². The van der Waals surface area contributed by atoms with Crippen molar-refractivity contribution in [1.29, 1.82) is 0 Å². The first-order chi connectivity index (χ1) is 9.06. The zero-order chi connectivity index (χ0) is 13.5. The second kappa shape index (κ2) is 4.88. The Hall–Kier alpha value is -0.920. The number of sulfonamides is 1. The summed E-state index contributed by atoms with van der Waals surface area (Å²) >= 11 is 0. The summed E-state index contributed by atoms with van der Waals surface area (Å²) in [6.45, 7) is 0. The van der Waals surface area contributed by atoms with Crippen molar-refractivity contribution in [3.05, 3.63) is 12.3 Å². The van der Waals surface area contributed by atoms with Gasteiger partial charge in [0.2, 0.25) is 0 Å². The maximum atomic E-state index is 12.2. The molecule has 2 N–H and O–H groups in total. The second-order valence-corrected chi connectivity index (χ2v) is 7.30. The van der Waals surface area contributed by atoms with Gasteiger partial charge in [-0.2, -0.15) is 5.10 Å². The SMILES string of the molecule is CN1C2CCCC1CC(NS(=O)(=O)c1ccn[nH]1)C2. The van der Waals surface area contributed by atoms with E-state index >= 15 is 0 Å². The summed E-state index contributed by atoms with van der Waals surface area (Å²) in [4.78, 5) is 2.42. The van der Waals surface area contributed by atoms with Gasteiger partial charge in [0, 0.05) is 18.1 Å². The largest absolute Gasteiger partial charge is 0.300 e. The maximum Gasteiger partial charge on any atom is 0.257 e. The van der Waals surface area contributed by atoms with E-state index in [1.165, 1.54) is 31.5 Å². The lowest BCUT2D eigenvalue weighted by molar-refractivity contribution is 0.0536. The van der Waals surface area contributed by atoms with E-state index in [9.17, 15) is 8.42 Å². The van der Waals surface area contributed by atoms with E-state index in [0.29, 0.717) is 12.1 Å². The molecular formula is C12H20N4O2S. The summed E-state index contributed by atoms with van der Waals surface area (Å²) in [6, 6.07) is 2.56. The van der Waals surface area contributed by atoms with Gasteiger partial charge < -0.3 is 4.90 Å². The minimum atomic E-state index is -3.45. The number of hydrogen-bond acceptors (Lipinski definition) is 4. The zero-order valence-electron chi connectivity index (χ0n) is 11.0. The number of H-pyrrole nitrogens is 1. The van der Waals surface area contributed by atoms with Gasteiger partial charge in [0.25, 0.3) is 10.0 Å². The minimum Gasteiger partial charge on any atom is -0.300 e. The summed E-state index contributed by atoms with van der Waals surface area (Å²) in [7, 11) is -1.29. The van der Waals surface area contributed by atoms with Crippen LogP contribution in [0.2, 0.25) is 0 Å². The van der Waals surface area contributed by atoms with E-state index in [0.717, 1.165) is 12.8 Å². The standard InChI is InChI=1S/C12H20N4O2S/c1-16-10-3-2-4-11(16)8-9(7-10)15-19(17,18)12-5-6-13-14-12/h5-6,9-11,15H,2-4,7-8H2,1H3,(H,13,14). The molecule has 2 atom stereocenters. The van der Waals surface area contributed by atoms with Gasteiger partial charge in [-0.15, -0.1) is 0 Å². The van der Waals surface area contributed by atoms with E-state index in [2.05, 4.69) is 26.9 Å². The molecular weight excluding hydrogens is 264 g/mol. The average molecular weight is 284 g/mol. The topological polar surface area (TPSA) is 78.1 Å². The van der Waals surface area contributed by atoms with Crippen molar-refractivity contribution < 1.29 is 8.42 Å². The first-order valence-corrected chi connectivity index (χ1v) is 8.28. The van der Waals surface area contributed by atoms with Crippen LogP contribution in [0.5, 0.6) is 0 Å². The van der Waals surface area contributed by atoms with Gasteiger partial charge in [-0.25, -0.2) is 13.1 Å². The molecule has 7 heteroatoms. The van der Waals surface area contributed by atoms with Crippen LogP contribution < -0.4 is 4.72 Å². The number of fused-ring (bicyclic) bond motifs is 2. The Morgan fingerprint density at radius 2 is 2.05 bits per heavy atom. The molecule has 2 saturated heterocycles. The third-order valence-electron chi connectivity index (χ3n) is 4.43. The molecule has 2 fully saturated rings. The molecule has 1 aromatic heterocycles. The van der Waals surface area contributed by atoms with Crippen LogP contribution in [0, 0.1) is 0 Å². The molecule has 0 amide bonds. The van der Waals surface area contributed by atoms with Crippen molar-refractivity contribution in [2.45, 2.75) is 55.3 Å². The first-order valence-electron chi connectivity index (χ1n) is 6.80. The van der Waals surface area contributed by atoms with Crippen molar-refractivity contribution in [2.75, 3.05) is 7.05 Å². The Morgan fingerprint density at radius 3 is 2.63 bits per heavy atom. The monoisotopic (exact) mass is 284 g/mol. The molecule has 0 saturated carbocycles. The number of aromatic amines is 1. The molecule has 3 heterocycles. The molecule has 2 unspecified atom stereocenters. The molecule has 0 radical (unpaired) electrons. The number of aromatic nitrogens is 2. The molecule has 0 aromatic carbocycles. The van der Waals surface area contributed by atoms with Crippen LogP contribution in [0.1, 0.15) is 32.1 Å². The van der Waals surface area contributed by atoms with E-state index in [4.69, 9.17) is 0 Å². The quantitative estimate of drug-likeness (QED) is 0.856. The minimum absolute atomic E-state index is 0.0415. The molecule has 19 heavy (non-hydrogen) atoms. The summed E-state index contributed by atoms with van der Waals surface area (Å²) in [5.74, 6) is 0. The predicted octanol–water partition coefficient (Wildman–Crippen LogP) is 0.703. The van der Waals surface area contributed by atoms with Gasteiger partial charge in [-0.3, -0.25) is 5.10 Å². The third-order valence-corrected chi connectivity index (χ3v) is 5.88. The number of hydrogen-bond donors (Lipinski definition) is 2. The van der Waals surface area contributed by atoms with E-state index in [1.807, 2.05) is 0 Å². The summed E-state index contributed by atoms with van der Waals surface area (Å²) in [5, 5.41) is 6.36. The Bertz CT molecular complexity index is 514. The lowest BCUT2D eigenvalue weighted by Crippen LogP contribution is -2.55. The van der Waals surface area contributed by atoms with Crippen molar-refractivity contribution in [3.63, 3.8) is 0 Å². The number of rotatable bonds is 3. The van der Waals surface area contributed by atoms with Crippen LogP contribution >= 0.6 is 0 Å². The van der Waals surface area contributed by atoms with Crippen molar-refractivity contribution in [1.82, 2.24) is 19.8 Å². The van der Waals surface area contributed by atoms with Crippen LogP contribution in [-0.2, 0) is 10.0 Å². The zero-order valence-corrected chi connectivity index (χ0v) is 11.9. The molecule has 6 nitrogen and oxygen atoms in total. The lowest BCUT2D eigenvalue weighted by atomic mass is 9.83. The molecule has 2 aliphatic heterocycles. The molecule has 2 aliphatic rings. The highest BCUT2D eigenvalue weighted by Gasteiger charge is 2.37. The highest BCUT2D eigenvalue weighted by atomic mass is 32.2. The molecule has 2 bridgehead atoms. The smallest absolute Gasteiger partial charge is 0.257 e. The van der Waals surface area contributed by atoms with Crippen LogP contribution in [-0.4, -0.2) is 48.7 Å². The number of nitrogens with zero attached hydrogens (tertiary/aromatic N) is 2. The fourth-order valence-corrected chi connectivity index (χ4v) is 4.56. The van der Waals surface area contributed by atoms with Crippen molar-refractivity contribution in [2.24, 2.45) is 0 Å². The second-order valence-electron chi connectivity index (χ2n) is 5.61. The fraction of sp³-hybridized carbons (Fsp3) is 0.750. The van der Waals surface area contributed by atoms with Gasteiger partial charge in [0.15, 0.2) is 5.03 Å². The van der Waals surface area contributed by atoms with Crippen LogP contribution in [0.4, 0.5) is 0 Å². The molecule has 106 valence electrons. The van der Waals surface area contributed by atoms with Gasteiger partial charge in [0.1, 0.15) is 0 Å². The highest BCUT2D eigenvalue weighted by molar-refractivity contribution is 7.89. The molecule has 3 rings (SSSR count). The fourth-order valence-electron chi connectivity index (χ4n) is 3.39. The Kier molecular flexibility index (Phi) is 3.36. The Balaban J connectivity index is 1.71. The lowest BCUT2D eigenvalue weighted by Gasteiger charge is -2.47. The van der Waals surface area contributed by atoms with Gasteiger partial charge in [-0.1, -0.05) is 6.42 Å². The average Bonchev–Trinajstić information content (AvgIpc) is 2.84.